The molecule has 0 saturated carbocycles. The zero-order chi connectivity index (χ0) is 21.8. The Labute approximate surface area is 184 Å². The van der Waals surface area contributed by atoms with Gasteiger partial charge in [0, 0.05) is 17.6 Å². The molecule has 0 bridgehead atoms. The summed E-state index contributed by atoms with van der Waals surface area (Å²) in [6, 6.07) is 25.1. The van der Waals surface area contributed by atoms with Crippen molar-refractivity contribution >= 4 is 10.9 Å². The van der Waals surface area contributed by atoms with Gasteiger partial charge in [-0.3, -0.25) is 4.98 Å². The van der Waals surface area contributed by atoms with Crippen LogP contribution in [0.2, 0.25) is 0 Å². The molecule has 4 rings (SSSR count). The van der Waals surface area contributed by atoms with E-state index in [1.807, 2.05) is 24.3 Å². The lowest BCUT2D eigenvalue weighted by Gasteiger charge is -2.18. The van der Waals surface area contributed by atoms with E-state index in [4.69, 9.17) is 15.5 Å². The monoisotopic (exact) mass is 410 g/mol. The van der Waals surface area contributed by atoms with Gasteiger partial charge in [-0.25, -0.2) is 0 Å². The van der Waals surface area contributed by atoms with Gasteiger partial charge in [0.25, 0.3) is 0 Å². The smallest absolute Gasteiger partial charge is 0.120 e. The number of benzene rings is 3. The van der Waals surface area contributed by atoms with Crippen molar-refractivity contribution in [3.8, 4) is 16.9 Å². The van der Waals surface area contributed by atoms with Gasteiger partial charge in [-0.1, -0.05) is 74.0 Å². The highest BCUT2D eigenvalue weighted by Crippen LogP contribution is 2.36. The number of rotatable bonds is 7. The molecule has 0 atom stereocenters. The van der Waals surface area contributed by atoms with Gasteiger partial charge in [-0.2, -0.15) is 0 Å². The molecule has 0 aliphatic carbocycles. The summed E-state index contributed by atoms with van der Waals surface area (Å²) in [5, 5.41) is 1.09. The van der Waals surface area contributed by atoms with Crippen LogP contribution < -0.4 is 10.5 Å². The molecule has 0 fully saturated rings. The molecule has 3 heteroatoms. The Morgan fingerprint density at radius 2 is 1.68 bits per heavy atom. The second kappa shape index (κ2) is 9.32. The SMILES string of the molecule is Cc1ccc(-c2c(CN)c(CC(C)C)nc3ccc(OCc4ccccc4)cc23)cc1. The van der Waals surface area contributed by atoms with Crippen molar-refractivity contribution in [1.29, 1.82) is 0 Å². The van der Waals surface area contributed by atoms with Crippen LogP contribution in [0.15, 0.2) is 72.8 Å². The lowest BCUT2D eigenvalue weighted by atomic mass is 9.91. The number of hydrogen-bond acceptors (Lipinski definition) is 3. The summed E-state index contributed by atoms with van der Waals surface area (Å²) in [6.07, 6.45) is 0.910. The summed E-state index contributed by atoms with van der Waals surface area (Å²) in [5.74, 6) is 1.35. The minimum Gasteiger partial charge on any atom is -0.489 e. The minimum atomic E-state index is 0.462. The van der Waals surface area contributed by atoms with Crippen LogP contribution in [0.3, 0.4) is 0 Å². The molecule has 158 valence electrons. The van der Waals surface area contributed by atoms with Crippen molar-refractivity contribution in [2.75, 3.05) is 0 Å². The fourth-order valence-corrected chi connectivity index (χ4v) is 3.99. The Balaban J connectivity index is 1.84. The second-order valence-corrected chi connectivity index (χ2v) is 8.53. The number of hydrogen-bond donors (Lipinski definition) is 1. The first kappa shape index (κ1) is 21.1. The third kappa shape index (κ3) is 4.78. The largest absolute Gasteiger partial charge is 0.489 e. The molecule has 0 aliphatic rings. The van der Waals surface area contributed by atoms with Gasteiger partial charge in [0.15, 0.2) is 0 Å². The van der Waals surface area contributed by atoms with Crippen LogP contribution in [0.1, 0.15) is 36.2 Å². The second-order valence-electron chi connectivity index (χ2n) is 8.53. The summed E-state index contributed by atoms with van der Waals surface area (Å²) >= 11 is 0. The zero-order valence-electron chi connectivity index (χ0n) is 18.6. The van der Waals surface area contributed by atoms with Crippen molar-refractivity contribution in [2.45, 2.75) is 40.3 Å². The highest BCUT2D eigenvalue weighted by atomic mass is 16.5. The number of aryl methyl sites for hydroxylation is 1. The van der Waals surface area contributed by atoms with Crippen LogP contribution >= 0.6 is 0 Å². The molecule has 31 heavy (non-hydrogen) atoms. The van der Waals surface area contributed by atoms with Crippen molar-refractivity contribution in [2.24, 2.45) is 11.7 Å². The first-order valence-corrected chi connectivity index (χ1v) is 10.9. The van der Waals surface area contributed by atoms with Crippen LogP contribution in [-0.4, -0.2) is 4.98 Å². The number of ether oxygens (including phenoxy) is 1. The maximum absolute atomic E-state index is 6.29. The maximum atomic E-state index is 6.29. The molecule has 4 aromatic rings. The van der Waals surface area contributed by atoms with E-state index in [0.717, 1.165) is 39.9 Å². The van der Waals surface area contributed by atoms with Crippen LogP contribution in [-0.2, 0) is 19.6 Å². The average molecular weight is 411 g/mol. The van der Waals surface area contributed by atoms with Gasteiger partial charge in [0.05, 0.1) is 5.52 Å². The first-order valence-electron chi connectivity index (χ1n) is 10.9. The molecule has 1 heterocycles. The molecule has 0 unspecified atom stereocenters. The molecule has 0 spiro atoms. The van der Waals surface area contributed by atoms with Crippen LogP contribution in [0.25, 0.3) is 22.0 Å². The molecular weight excluding hydrogens is 380 g/mol. The molecule has 0 saturated heterocycles. The van der Waals surface area contributed by atoms with Crippen molar-refractivity contribution in [3.63, 3.8) is 0 Å². The van der Waals surface area contributed by atoms with E-state index in [9.17, 15) is 0 Å². The molecule has 0 aliphatic heterocycles. The van der Waals surface area contributed by atoms with Gasteiger partial charge < -0.3 is 10.5 Å². The van der Waals surface area contributed by atoms with E-state index < -0.39 is 0 Å². The molecular formula is C28H30N2O. The van der Waals surface area contributed by atoms with Gasteiger partial charge in [0.2, 0.25) is 0 Å². The highest BCUT2D eigenvalue weighted by Gasteiger charge is 2.17. The lowest BCUT2D eigenvalue weighted by molar-refractivity contribution is 0.306. The molecule has 2 N–H and O–H groups in total. The molecule has 3 nitrogen and oxygen atoms in total. The fourth-order valence-electron chi connectivity index (χ4n) is 3.99. The summed E-state index contributed by atoms with van der Waals surface area (Å²) in [6.45, 7) is 7.55. The predicted molar refractivity (Wildman–Crippen MR) is 129 cm³/mol. The summed E-state index contributed by atoms with van der Waals surface area (Å²) in [7, 11) is 0. The van der Waals surface area contributed by atoms with Crippen molar-refractivity contribution < 1.29 is 4.74 Å². The Bertz CT molecular complexity index is 1170. The summed E-state index contributed by atoms with van der Waals surface area (Å²) < 4.78 is 6.12. The third-order valence-corrected chi connectivity index (χ3v) is 5.54. The van der Waals surface area contributed by atoms with Gasteiger partial charge in [0.1, 0.15) is 12.4 Å². The molecule has 0 amide bonds. The van der Waals surface area contributed by atoms with Crippen LogP contribution in [0, 0.1) is 12.8 Å². The van der Waals surface area contributed by atoms with Crippen molar-refractivity contribution in [1.82, 2.24) is 4.98 Å². The predicted octanol–water partition coefficient (Wildman–Crippen LogP) is 6.45. The number of nitrogens with zero attached hydrogens (tertiary/aromatic N) is 1. The van der Waals surface area contributed by atoms with E-state index >= 15 is 0 Å². The average Bonchev–Trinajstić information content (AvgIpc) is 2.78. The van der Waals surface area contributed by atoms with E-state index in [2.05, 4.69) is 69.3 Å². The summed E-state index contributed by atoms with van der Waals surface area (Å²) in [5.41, 5.74) is 14.2. The topological polar surface area (TPSA) is 48.1 Å². The first-order chi connectivity index (χ1) is 15.0. The van der Waals surface area contributed by atoms with Crippen molar-refractivity contribution in [3.05, 3.63) is 95.2 Å². The zero-order valence-corrected chi connectivity index (χ0v) is 18.6. The molecule has 1 aromatic heterocycles. The van der Waals surface area contributed by atoms with Gasteiger partial charge >= 0.3 is 0 Å². The van der Waals surface area contributed by atoms with Crippen LogP contribution in [0.4, 0.5) is 0 Å². The Morgan fingerprint density at radius 3 is 2.35 bits per heavy atom. The molecule has 3 aromatic carbocycles. The van der Waals surface area contributed by atoms with E-state index in [1.54, 1.807) is 0 Å². The van der Waals surface area contributed by atoms with E-state index in [0.29, 0.717) is 19.1 Å². The third-order valence-electron chi connectivity index (χ3n) is 5.54. The normalized spacial score (nSPS) is 11.3. The van der Waals surface area contributed by atoms with Gasteiger partial charge in [-0.05, 0) is 59.7 Å². The number of aromatic nitrogens is 1. The Hall–Kier alpha value is -3.17. The minimum absolute atomic E-state index is 0.462. The standard InChI is InChI=1S/C28H30N2O/c1-19(2)15-27-25(17-29)28(22-11-9-20(3)10-12-22)24-16-23(13-14-26(24)30-27)31-18-21-7-5-4-6-8-21/h4-14,16,19H,15,17-18,29H2,1-3H3. The fraction of sp³-hybridized carbons (Fsp3) is 0.250. The highest BCUT2D eigenvalue weighted by molar-refractivity contribution is 5.97. The number of pyridine rings is 1. The Kier molecular flexibility index (Phi) is 6.34. The van der Waals surface area contributed by atoms with E-state index in [1.165, 1.54) is 16.7 Å². The van der Waals surface area contributed by atoms with Gasteiger partial charge in [-0.15, -0.1) is 0 Å². The number of nitrogens with two attached hydrogens (primary N) is 1. The quantitative estimate of drug-likeness (QED) is 0.381. The summed E-state index contributed by atoms with van der Waals surface area (Å²) in [4.78, 5) is 5.01. The number of fused-ring (bicyclic) bond motifs is 1. The lowest BCUT2D eigenvalue weighted by Crippen LogP contribution is -2.10. The molecule has 0 radical (unpaired) electrons. The van der Waals surface area contributed by atoms with E-state index in [-0.39, 0.29) is 0 Å². The Morgan fingerprint density at radius 1 is 0.935 bits per heavy atom. The maximum Gasteiger partial charge on any atom is 0.120 e. The van der Waals surface area contributed by atoms with Crippen LogP contribution in [0.5, 0.6) is 5.75 Å².